The summed E-state index contributed by atoms with van der Waals surface area (Å²) in [4.78, 5) is 11.3. The molecule has 0 spiro atoms. The van der Waals surface area contributed by atoms with Gasteiger partial charge in [0.05, 0.1) is 6.61 Å². The molecule has 0 aromatic rings. The number of carbonyl (C=O) groups excluding carboxylic acids is 1. The highest BCUT2D eigenvalue weighted by Crippen LogP contribution is 2.15. The van der Waals surface area contributed by atoms with Crippen molar-refractivity contribution < 1.29 is 17.9 Å². The topological polar surface area (TPSA) is 75.7 Å². The zero-order valence-electron chi connectivity index (χ0n) is 11.0. The van der Waals surface area contributed by atoms with Gasteiger partial charge in [-0.15, -0.1) is 0 Å². The minimum Gasteiger partial charge on any atom is -0.465 e. The average Bonchev–Trinajstić information content (AvgIpc) is 2.78. The molecule has 18 heavy (non-hydrogen) atoms. The van der Waals surface area contributed by atoms with Gasteiger partial charge in [0.1, 0.15) is 0 Å². The Bertz CT molecular complexity index is 363. The number of rotatable bonds is 7. The van der Waals surface area contributed by atoms with Gasteiger partial charge < -0.3 is 10.1 Å². The second-order valence-electron chi connectivity index (χ2n) is 4.32. The van der Waals surface area contributed by atoms with Crippen LogP contribution in [0.25, 0.3) is 0 Å². The fourth-order valence-electron chi connectivity index (χ4n) is 2.09. The number of esters is 1. The number of sulfonamides is 1. The molecule has 0 radical (unpaired) electrons. The van der Waals surface area contributed by atoms with E-state index in [0.29, 0.717) is 13.1 Å². The molecular weight excluding hydrogens is 256 g/mol. The fourth-order valence-corrected chi connectivity index (χ4v) is 3.73. The molecule has 1 rings (SSSR count). The zero-order valence-corrected chi connectivity index (χ0v) is 11.8. The predicted octanol–water partition coefficient (Wildman–Crippen LogP) is -0.0468. The molecular formula is C11H22N2O4S. The Morgan fingerprint density at radius 1 is 1.44 bits per heavy atom. The maximum atomic E-state index is 12.2. The van der Waals surface area contributed by atoms with Crippen LogP contribution in [-0.4, -0.2) is 56.7 Å². The van der Waals surface area contributed by atoms with E-state index in [2.05, 4.69) is 5.32 Å². The second-order valence-corrected chi connectivity index (χ2v) is 6.24. The first-order valence-electron chi connectivity index (χ1n) is 6.37. The zero-order chi connectivity index (χ0) is 13.6. The van der Waals surface area contributed by atoms with E-state index in [1.165, 1.54) is 4.31 Å². The summed E-state index contributed by atoms with van der Waals surface area (Å²) in [5.41, 5.74) is 0. The third-order valence-electron chi connectivity index (χ3n) is 2.85. The Morgan fingerprint density at radius 2 is 2.17 bits per heavy atom. The minimum absolute atomic E-state index is 0.0376. The SMILES string of the molecule is CCCN(C1CCNC1)S(=O)(=O)CC(=O)OCC. The summed E-state index contributed by atoms with van der Waals surface area (Å²) < 4.78 is 30.5. The van der Waals surface area contributed by atoms with Crippen molar-refractivity contribution in [2.45, 2.75) is 32.7 Å². The molecule has 1 unspecified atom stereocenters. The molecule has 1 saturated heterocycles. The van der Waals surface area contributed by atoms with Gasteiger partial charge in [0.15, 0.2) is 5.75 Å². The first-order chi connectivity index (χ1) is 8.51. The summed E-state index contributed by atoms with van der Waals surface area (Å²) in [6.45, 7) is 5.72. The summed E-state index contributed by atoms with van der Waals surface area (Å²) >= 11 is 0. The highest BCUT2D eigenvalue weighted by atomic mass is 32.2. The lowest BCUT2D eigenvalue weighted by Gasteiger charge is -2.26. The molecule has 1 aliphatic rings. The van der Waals surface area contributed by atoms with Crippen molar-refractivity contribution in [2.75, 3.05) is 32.0 Å². The monoisotopic (exact) mass is 278 g/mol. The van der Waals surface area contributed by atoms with Gasteiger partial charge in [0, 0.05) is 19.1 Å². The van der Waals surface area contributed by atoms with Crippen LogP contribution in [0.1, 0.15) is 26.7 Å². The smallest absolute Gasteiger partial charge is 0.322 e. The van der Waals surface area contributed by atoms with Crippen LogP contribution in [0.2, 0.25) is 0 Å². The van der Waals surface area contributed by atoms with E-state index in [9.17, 15) is 13.2 Å². The van der Waals surface area contributed by atoms with Crippen molar-refractivity contribution in [3.8, 4) is 0 Å². The minimum atomic E-state index is -3.57. The van der Waals surface area contributed by atoms with Crippen LogP contribution in [0, 0.1) is 0 Å². The van der Waals surface area contributed by atoms with Gasteiger partial charge >= 0.3 is 5.97 Å². The highest BCUT2D eigenvalue weighted by Gasteiger charge is 2.33. The van der Waals surface area contributed by atoms with Crippen LogP contribution < -0.4 is 5.32 Å². The number of ether oxygens (including phenoxy) is 1. The van der Waals surface area contributed by atoms with Gasteiger partial charge in [-0.1, -0.05) is 6.92 Å². The molecule has 1 atom stereocenters. The summed E-state index contributed by atoms with van der Waals surface area (Å²) in [5.74, 6) is -1.23. The molecule has 106 valence electrons. The summed E-state index contributed by atoms with van der Waals surface area (Å²) in [5, 5.41) is 3.14. The van der Waals surface area contributed by atoms with E-state index in [4.69, 9.17) is 4.74 Å². The van der Waals surface area contributed by atoms with Gasteiger partial charge in [0.2, 0.25) is 10.0 Å². The molecule has 1 aliphatic heterocycles. The van der Waals surface area contributed by atoms with Crippen LogP contribution >= 0.6 is 0 Å². The lowest BCUT2D eigenvalue weighted by molar-refractivity contribution is -0.140. The molecule has 1 fully saturated rings. The van der Waals surface area contributed by atoms with Crippen molar-refractivity contribution in [1.82, 2.24) is 9.62 Å². The highest BCUT2D eigenvalue weighted by molar-refractivity contribution is 7.89. The number of nitrogens with zero attached hydrogens (tertiary/aromatic N) is 1. The maximum absolute atomic E-state index is 12.2. The predicted molar refractivity (Wildman–Crippen MR) is 68.7 cm³/mol. The van der Waals surface area contributed by atoms with Gasteiger partial charge in [-0.3, -0.25) is 4.79 Å². The Labute approximate surface area is 109 Å². The van der Waals surface area contributed by atoms with Gasteiger partial charge in [-0.05, 0) is 26.3 Å². The van der Waals surface area contributed by atoms with E-state index in [-0.39, 0.29) is 12.6 Å². The molecule has 0 amide bonds. The average molecular weight is 278 g/mol. The second kappa shape index (κ2) is 7.06. The molecule has 1 heterocycles. The van der Waals surface area contributed by atoms with Gasteiger partial charge in [-0.25, -0.2) is 8.42 Å². The molecule has 0 saturated carbocycles. The Kier molecular flexibility index (Phi) is 6.04. The standard InChI is InChI=1S/C11H22N2O4S/c1-3-7-13(10-5-6-12-8-10)18(15,16)9-11(14)17-4-2/h10,12H,3-9H2,1-2H3. The summed E-state index contributed by atoms with van der Waals surface area (Å²) in [7, 11) is -3.57. The Balaban J connectivity index is 2.72. The molecule has 6 nitrogen and oxygen atoms in total. The molecule has 1 N–H and O–H groups in total. The van der Waals surface area contributed by atoms with E-state index >= 15 is 0 Å². The van der Waals surface area contributed by atoms with Crippen molar-refractivity contribution >= 4 is 16.0 Å². The molecule has 0 aromatic heterocycles. The van der Waals surface area contributed by atoms with E-state index in [0.717, 1.165) is 19.4 Å². The largest absolute Gasteiger partial charge is 0.465 e. The van der Waals surface area contributed by atoms with Crippen LogP contribution in [0.15, 0.2) is 0 Å². The van der Waals surface area contributed by atoms with E-state index in [1.54, 1.807) is 6.92 Å². The van der Waals surface area contributed by atoms with Crippen LogP contribution in [0.4, 0.5) is 0 Å². The van der Waals surface area contributed by atoms with Crippen molar-refractivity contribution in [3.05, 3.63) is 0 Å². The molecule has 0 aliphatic carbocycles. The van der Waals surface area contributed by atoms with E-state index in [1.807, 2.05) is 6.92 Å². The quantitative estimate of drug-likeness (QED) is 0.661. The van der Waals surface area contributed by atoms with E-state index < -0.39 is 21.7 Å². The van der Waals surface area contributed by atoms with Crippen LogP contribution in [0.5, 0.6) is 0 Å². The third-order valence-corrected chi connectivity index (χ3v) is 4.64. The van der Waals surface area contributed by atoms with Crippen molar-refractivity contribution in [2.24, 2.45) is 0 Å². The van der Waals surface area contributed by atoms with Crippen molar-refractivity contribution in [1.29, 1.82) is 0 Å². The number of hydrogen-bond acceptors (Lipinski definition) is 5. The Hall–Kier alpha value is -0.660. The lowest BCUT2D eigenvalue weighted by Crippen LogP contribution is -2.44. The summed E-state index contributed by atoms with van der Waals surface area (Å²) in [6, 6.07) is -0.0376. The molecule has 0 aromatic carbocycles. The number of carbonyl (C=O) groups is 1. The third kappa shape index (κ3) is 4.22. The van der Waals surface area contributed by atoms with Gasteiger partial charge in [0.25, 0.3) is 0 Å². The Morgan fingerprint density at radius 3 is 2.67 bits per heavy atom. The summed E-state index contributed by atoms with van der Waals surface area (Å²) in [6.07, 6.45) is 1.53. The first-order valence-corrected chi connectivity index (χ1v) is 7.98. The number of hydrogen-bond donors (Lipinski definition) is 1. The fraction of sp³-hybridized carbons (Fsp3) is 0.909. The number of nitrogens with one attached hydrogen (secondary N) is 1. The van der Waals surface area contributed by atoms with Crippen molar-refractivity contribution in [3.63, 3.8) is 0 Å². The van der Waals surface area contributed by atoms with Crippen LogP contribution in [0.3, 0.4) is 0 Å². The normalized spacial score (nSPS) is 20.3. The van der Waals surface area contributed by atoms with Crippen LogP contribution in [-0.2, 0) is 19.6 Å². The first kappa shape index (κ1) is 15.4. The maximum Gasteiger partial charge on any atom is 0.322 e. The molecule has 0 bridgehead atoms. The molecule has 7 heteroatoms. The van der Waals surface area contributed by atoms with Gasteiger partial charge in [-0.2, -0.15) is 4.31 Å². The lowest BCUT2D eigenvalue weighted by atomic mass is 10.2.